The van der Waals surface area contributed by atoms with Crippen LogP contribution in [-0.4, -0.2) is 21.1 Å². The van der Waals surface area contributed by atoms with E-state index in [9.17, 15) is 0 Å². The molecular weight excluding hydrogens is 215 g/mol. The van der Waals surface area contributed by atoms with E-state index >= 15 is 0 Å². The second-order valence-electron chi connectivity index (χ2n) is 2.27. The van der Waals surface area contributed by atoms with Crippen molar-refractivity contribution in [1.29, 1.82) is 0 Å². The van der Waals surface area contributed by atoms with Crippen molar-refractivity contribution in [2.45, 2.75) is 17.3 Å². The molecule has 1 heterocycles. The van der Waals surface area contributed by atoms with E-state index < -0.39 is 0 Å². The van der Waals surface area contributed by atoms with Crippen LogP contribution in [0.1, 0.15) is 6.92 Å². The molecule has 0 aromatic carbocycles. The van der Waals surface area contributed by atoms with Crippen molar-refractivity contribution in [3.63, 3.8) is 0 Å². The second kappa shape index (κ2) is 4.90. The van der Waals surface area contributed by atoms with Gasteiger partial charge in [-0.2, -0.15) is 0 Å². The van der Waals surface area contributed by atoms with Crippen LogP contribution < -0.4 is 0 Å². The maximum Gasteiger partial charge on any atom is 0.187 e. The van der Waals surface area contributed by atoms with Crippen molar-refractivity contribution < 1.29 is 0 Å². The van der Waals surface area contributed by atoms with E-state index in [-0.39, 0.29) is 0 Å². The number of hydrogen-bond donors (Lipinski definition) is 0. The quantitative estimate of drug-likeness (QED) is 0.447. The van der Waals surface area contributed by atoms with Gasteiger partial charge in [-0.05, 0) is 0 Å². The Morgan fingerprint density at radius 1 is 1.50 bits per heavy atom. The summed E-state index contributed by atoms with van der Waals surface area (Å²) in [5, 5.41) is 1.60. The molecule has 0 aliphatic rings. The van der Waals surface area contributed by atoms with Crippen LogP contribution in [0.15, 0.2) is 17.6 Å². The Morgan fingerprint density at radius 2 is 2.08 bits per heavy atom. The van der Waals surface area contributed by atoms with Crippen LogP contribution in [0.4, 0.5) is 0 Å². The lowest BCUT2D eigenvalue weighted by molar-refractivity contribution is 0.955. The Balaban J connectivity index is 2.58. The molecule has 2 nitrogen and oxygen atoms in total. The molecule has 1 aromatic rings. The minimum atomic E-state index is 0.327. The highest BCUT2D eigenvalue weighted by Crippen LogP contribution is 2.20. The number of hydrogen-bond acceptors (Lipinski definition) is 3. The van der Waals surface area contributed by atoms with E-state index in [1.54, 1.807) is 12.4 Å². The highest BCUT2D eigenvalue weighted by molar-refractivity contribution is 7.99. The van der Waals surface area contributed by atoms with Gasteiger partial charge < -0.3 is 0 Å². The third-order valence-electron chi connectivity index (χ3n) is 1.12. The van der Waals surface area contributed by atoms with Crippen molar-refractivity contribution in [3.05, 3.63) is 17.4 Å². The first-order valence-corrected chi connectivity index (χ1v) is 5.21. The molecule has 12 heavy (non-hydrogen) atoms. The molecule has 0 saturated carbocycles. The smallest absolute Gasteiger partial charge is 0.187 e. The highest BCUT2D eigenvalue weighted by atomic mass is 35.5. The number of nitrogens with zero attached hydrogens (tertiary/aromatic N) is 2. The molecule has 0 N–H and O–H groups in total. The molecule has 1 aromatic heterocycles. The zero-order valence-electron chi connectivity index (χ0n) is 6.50. The zero-order valence-corrected chi connectivity index (χ0v) is 8.83. The van der Waals surface area contributed by atoms with Gasteiger partial charge in [0.05, 0.1) is 17.4 Å². The Kier molecular flexibility index (Phi) is 4.12. The SMILES string of the molecule is CC(CCl)Sc1ncc(Cl)cn1. The first-order chi connectivity index (χ1) is 5.72. The van der Waals surface area contributed by atoms with Crippen LogP contribution in [0.5, 0.6) is 0 Å². The fraction of sp³-hybridized carbons (Fsp3) is 0.429. The van der Waals surface area contributed by atoms with Gasteiger partial charge in [-0.3, -0.25) is 0 Å². The minimum absolute atomic E-state index is 0.327. The van der Waals surface area contributed by atoms with Crippen molar-refractivity contribution in [2.75, 3.05) is 5.88 Å². The van der Waals surface area contributed by atoms with Crippen LogP contribution in [0.2, 0.25) is 5.02 Å². The summed E-state index contributed by atoms with van der Waals surface area (Å²) in [5.74, 6) is 0.594. The van der Waals surface area contributed by atoms with Gasteiger partial charge in [-0.1, -0.05) is 30.3 Å². The predicted octanol–water partition coefficient (Wildman–Crippen LogP) is 2.85. The Morgan fingerprint density at radius 3 is 2.58 bits per heavy atom. The van der Waals surface area contributed by atoms with E-state index in [0.717, 1.165) is 0 Å². The normalized spacial score (nSPS) is 12.9. The fourth-order valence-electron chi connectivity index (χ4n) is 0.573. The number of alkyl halides is 1. The van der Waals surface area contributed by atoms with Crippen molar-refractivity contribution in [1.82, 2.24) is 9.97 Å². The predicted molar refractivity (Wildman–Crippen MR) is 53.1 cm³/mol. The third kappa shape index (κ3) is 3.17. The van der Waals surface area contributed by atoms with Crippen LogP contribution in [-0.2, 0) is 0 Å². The van der Waals surface area contributed by atoms with Crippen molar-refractivity contribution in [3.8, 4) is 0 Å². The summed E-state index contributed by atoms with van der Waals surface area (Å²) < 4.78 is 0. The van der Waals surface area contributed by atoms with Gasteiger partial charge in [-0.25, -0.2) is 9.97 Å². The second-order valence-corrected chi connectivity index (χ2v) is 4.42. The molecule has 1 atom stereocenters. The van der Waals surface area contributed by atoms with E-state index in [0.29, 0.717) is 21.3 Å². The highest BCUT2D eigenvalue weighted by Gasteiger charge is 2.04. The minimum Gasteiger partial charge on any atom is -0.230 e. The van der Waals surface area contributed by atoms with Crippen LogP contribution in [0.3, 0.4) is 0 Å². The summed E-state index contributed by atoms with van der Waals surface area (Å²) in [6.45, 7) is 2.02. The van der Waals surface area contributed by atoms with Crippen molar-refractivity contribution >= 4 is 35.0 Å². The van der Waals surface area contributed by atoms with Gasteiger partial charge in [0.2, 0.25) is 0 Å². The lowest BCUT2D eigenvalue weighted by Crippen LogP contribution is -1.98. The molecule has 5 heteroatoms. The molecule has 66 valence electrons. The Labute approximate surface area is 85.7 Å². The van der Waals surface area contributed by atoms with Gasteiger partial charge in [0.25, 0.3) is 0 Å². The number of thioether (sulfide) groups is 1. The molecule has 1 rings (SSSR count). The first-order valence-electron chi connectivity index (χ1n) is 3.42. The molecule has 0 spiro atoms. The standard InChI is InChI=1S/C7H8Cl2N2S/c1-5(2-8)12-7-10-3-6(9)4-11-7/h3-5H,2H2,1H3. The maximum absolute atomic E-state index is 5.63. The monoisotopic (exact) mass is 222 g/mol. The molecule has 0 aliphatic heterocycles. The van der Waals surface area contributed by atoms with E-state index in [1.807, 2.05) is 6.92 Å². The van der Waals surface area contributed by atoms with E-state index in [1.165, 1.54) is 11.8 Å². The topological polar surface area (TPSA) is 25.8 Å². The molecule has 0 saturated heterocycles. The summed E-state index contributed by atoms with van der Waals surface area (Å²) >= 11 is 12.8. The third-order valence-corrected chi connectivity index (χ3v) is 2.95. The lowest BCUT2D eigenvalue weighted by Gasteiger charge is -2.03. The molecule has 0 fully saturated rings. The van der Waals surface area contributed by atoms with Gasteiger partial charge in [0, 0.05) is 11.1 Å². The van der Waals surface area contributed by atoms with Crippen LogP contribution in [0.25, 0.3) is 0 Å². The summed E-state index contributed by atoms with van der Waals surface area (Å²) in [4.78, 5) is 8.05. The average Bonchev–Trinajstić information content (AvgIpc) is 2.09. The number of aromatic nitrogens is 2. The number of halogens is 2. The summed E-state index contributed by atoms with van der Waals surface area (Å²) in [7, 11) is 0. The molecule has 0 radical (unpaired) electrons. The average molecular weight is 223 g/mol. The van der Waals surface area contributed by atoms with Gasteiger partial charge in [0.15, 0.2) is 5.16 Å². The molecule has 0 aliphatic carbocycles. The van der Waals surface area contributed by atoms with E-state index in [2.05, 4.69) is 9.97 Å². The van der Waals surface area contributed by atoms with Crippen molar-refractivity contribution in [2.24, 2.45) is 0 Å². The molecular formula is C7H8Cl2N2S. The number of rotatable bonds is 3. The lowest BCUT2D eigenvalue weighted by atomic mass is 10.6. The Hall–Kier alpha value is 0.01000. The summed E-state index contributed by atoms with van der Waals surface area (Å²) in [5.41, 5.74) is 0. The van der Waals surface area contributed by atoms with Crippen LogP contribution in [0, 0.1) is 0 Å². The maximum atomic E-state index is 5.63. The summed E-state index contributed by atoms with van der Waals surface area (Å²) in [6.07, 6.45) is 3.16. The van der Waals surface area contributed by atoms with Gasteiger partial charge >= 0.3 is 0 Å². The first kappa shape index (κ1) is 10.1. The summed E-state index contributed by atoms with van der Waals surface area (Å²) in [6, 6.07) is 0. The molecule has 1 unspecified atom stereocenters. The zero-order chi connectivity index (χ0) is 8.97. The van der Waals surface area contributed by atoms with E-state index in [4.69, 9.17) is 23.2 Å². The van der Waals surface area contributed by atoms with Gasteiger partial charge in [-0.15, -0.1) is 11.6 Å². The van der Waals surface area contributed by atoms with Gasteiger partial charge in [0.1, 0.15) is 0 Å². The van der Waals surface area contributed by atoms with Crippen LogP contribution >= 0.6 is 35.0 Å². The molecule has 0 amide bonds. The Bertz CT molecular complexity index is 240. The largest absolute Gasteiger partial charge is 0.230 e. The fourth-order valence-corrected chi connectivity index (χ4v) is 1.51. The molecule has 0 bridgehead atoms.